The molecule has 0 atom stereocenters. The van der Waals surface area contributed by atoms with Crippen molar-refractivity contribution < 1.29 is 0 Å². The van der Waals surface area contributed by atoms with Gasteiger partial charge in [0, 0.05) is 18.8 Å². The molecule has 0 aliphatic heterocycles. The first-order chi connectivity index (χ1) is 9.69. The minimum absolute atomic E-state index is 0.166. The number of hydrogen-bond acceptors (Lipinski definition) is 4. The maximum absolute atomic E-state index is 12.4. The van der Waals surface area contributed by atoms with Gasteiger partial charge in [0.2, 0.25) is 0 Å². The second-order valence-electron chi connectivity index (χ2n) is 4.76. The molecular weight excluding hydrogens is 256 g/mol. The van der Waals surface area contributed by atoms with E-state index in [9.17, 15) is 4.79 Å². The van der Waals surface area contributed by atoms with Crippen LogP contribution in [-0.4, -0.2) is 29.4 Å². The molecule has 1 N–H and O–H groups in total. The lowest BCUT2D eigenvalue weighted by molar-refractivity contribution is 0.677. The number of nitrogens with one attached hydrogen (secondary N) is 1. The monoisotopic (exact) mass is 268 g/mol. The van der Waals surface area contributed by atoms with Crippen LogP contribution in [-0.2, 0) is 6.54 Å². The number of fused-ring (bicyclic) bond motifs is 4. The van der Waals surface area contributed by atoms with Crippen LogP contribution in [0.1, 0.15) is 12.6 Å². The van der Waals surface area contributed by atoms with Crippen LogP contribution < -0.4 is 5.56 Å². The molecule has 0 unspecified atom stereocenters. The Bertz CT molecular complexity index is 1020. The first-order valence-corrected chi connectivity index (χ1v) is 6.42. The smallest absolute Gasteiger partial charge is 0.283 e. The second kappa shape index (κ2) is 3.66. The fourth-order valence-corrected chi connectivity index (χ4v) is 2.54. The largest absolute Gasteiger partial charge is 0.339 e. The van der Waals surface area contributed by atoms with E-state index in [1.807, 2.05) is 19.9 Å². The Morgan fingerprint density at radius 2 is 2.15 bits per heavy atom. The topological polar surface area (TPSA) is 80.9 Å². The van der Waals surface area contributed by atoms with Crippen molar-refractivity contribution >= 4 is 27.6 Å². The number of aromatic amines is 1. The molecule has 0 saturated heterocycles. The molecule has 0 aliphatic rings. The summed E-state index contributed by atoms with van der Waals surface area (Å²) >= 11 is 0. The Balaban J connectivity index is 2.27. The lowest BCUT2D eigenvalue weighted by Gasteiger charge is -2.02. The van der Waals surface area contributed by atoms with E-state index >= 15 is 0 Å². The molecule has 4 aromatic rings. The predicted molar refractivity (Wildman–Crippen MR) is 74.8 cm³/mol. The molecule has 4 aromatic heterocycles. The van der Waals surface area contributed by atoms with Crippen LogP contribution in [0.4, 0.5) is 0 Å². The number of aromatic nitrogens is 6. The SMILES string of the molecule is CCn1ncc2c3[nH]c4cc(C)nn4c(=O)c3cnc21. The molecular formula is C13H12N6O. The van der Waals surface area contributed by atoms with Crippen LogP contribution in [0.25, 0.3) is 27.6 Å². The van der Waals surface area contributed by atoms with E-state index < -0.39 is 0 Å². The molecule has 4 rings (SSSR count). The van der Waals surface area contributed by atoms with Crippen molar-refractivity contribution in [3.8, 4) is 0 Å². The van der Waals surface area contributed by atoms with Gasteiger partial charge in [-0.15, -0.1) is 0 Å². The molecule has 0 saturated carbocycles. The molecule has 100 valence electrons. The molecule has 7 nitrogen and oxygen atoms in total. The third kappa shape index (κ3) is 1.29. The van der Waals surface area contributed by atoms with Gasteiger partial charge in [-0.3, -0.25) is 4.79 Å². The van der Waals surface area contributed by atoms with Crippen molar-refractivity contribution in [3.05, 3.63) is 34.5 Å². The van der Waals surface area contributed by atoms with E-state index in [0.717, 1.165) is 28.8 Å². The molecule has 20 heavy (non-hydrogen) atoms. The van der Waals surface area contributed by atoms with Crippen LogP contribution in [0.15, 0.2) is 23.3 Å². The Kier molecular flexibility index (Phi) is 2.04. The third-order valence-corrected chi connectivity index (χ3v) is 3.47. The van der Waals surface area contributed by atoms with E-state index in [-0.39, 0.29) is 5.56 Å². The van der Waals surface area contributed by atoms with Gasteiger partial charge < -0.3 is 4.98 Å². The molecule has 0 radical (unpaired) electrons. The minimum atomic E-state index is -0.166. The minimum Gasteiger partial charge on any atom is -0.339 e. The normalized spacial score (nSPS) is 11.9. The van der Waals surface area contributed by atoms with Gasteiger partial charge in [-0.2, -0.15) is 14.7 Å². The van der Waals surface area contributed by atoms with Crippen LogP contribution in [0, 0.1) is 6.92 Å². The number of H-pyrrole nitrogens is 1. The summed E-state index contributed by atoms with van der Waals surface area (Å²) in [5, 5.41) is 9.84. The van der Waals surface area contributed by atoms with Crippen molar-refractivity contribution in [2.24, 2.45) is 0 Å². The molecule has 0 amide bonds. The number of rotatable bonds is 1. The van der Waals surface area contributed by atoms with E-state index in [0.29, 0.717) is 11.0 Å². The van der Waals surface area contributed by atoms with Crippen LogP contribution in [0.2, 0.25) is 0 Å². The first-order valence-electron chi connectivity index (χ1n) is 6.42. The van der Waals surface area contributed by atoms with E-state index in [1.54, 1.807) is 17.1 Å². The molecule has 0 spiro atoms. The molecule has 0 aliphatic carbocycles. The first kappa shape index (κ1) is 11.2. The standard InChI is InChI=1S/C13H12N6O/c1-3-18-12-8(6-15-18)11-9(5-14-12)13(20)19-10(16-11)4-7(2)17-19/h4-6,16H,3H2,1-2H3. The third-order valence-electron chi connectivity index (χ3n) is 3.47. The van der Waals surface area contributed by atoms with E-state index in [4.69, 9.17) is 0 Å². The average Bonchev–Trinajstić information content (AvgIpc) is 3.01. The zero-order valence-corrected chi connectivity index (χ0v) is 11.1. The highest BCUT2D eigenvalue weighted by atomic mass is 16.1. The van der Waals surface area contributed by atoms with Crippen molar-refractivity contribution in [2.75, 3.05) is 0 Å². The quantitative estimate of drug-likeness (QED) is 0.563. The highest BCUT2D eigenvalue weighted by Crippen LogP contribution is 2.20. The molecule has 0 fully saturated rings. The van der Waals surface area contributed by atoms with Gasteiger partial charge in [-0.1, -0.05) is 0 Å². The van der Waals surface area contributed by atoms with E-state index in [1.165, 1.54) is 4.52 Å². The van der Waals surface area contributed by atoms with Crippen molar-refractivity contribution in [1.29, 1.82) is 0 Å². The van der Waals surface area contributed by atoms with Crippen molar-refractivity contribution in [2.45, 2.75) is 20.4 Å². The summed E-state index contributed by atoms with van der Waals surface area (Å²) in [6, 6.07) is 1.84. The van der Waals surface area contributed by atoms with Gasteiger partial charge in [0.1, 0.15) is 5.65 Å². The highest BCUT2D eigenvalue weighted by Gasteiger charge is 2.13. The summed E-state index contributed by atoms with van der Waals surface area (Å²) < 4.78 is 3.17. The summed E-state index contributed by atoms with van der Waals surface area (Å²) in [5.74, 6) is 0. The van der Waals surface area contributed by atoms with Gasteiger partial charge in [0.25, 0.3) is 5.56 Å². The number of pyridine rings is 1. The summed E-state index contributed by atoms with van der Waals surface area (Å²) in [7, 11) is 0. The van der Waals surface area contributed by atoms with Gasteiger partial charge in [-0.25, -0.2) is 9.67 Å². The fourth-order valence-electron chi connectivity index (χ4n) is 2.54. The zero-order chi connectivity index (χ0) is 13.9. The lowest BCUT2D eigenvalue weighted by Crippen LogP contribution is -2.15. The van der Waals surface area contributed by atoms with Crippen LogP contribution in [0.5, 0.6) is 0 Å². The summed E-state index contributed by atoms with van der Waals surface area (Å²) in [4.78, 5) is 20.0. The zero-order valence-electron chi connectivity index (χ0n) is 11.1. The molecule has 0 bridgehead atoms. The molecule has 7 heteroatoms. The lowest BCUT2D eigenvalue weighted by atomic mass is 10.2. The summed E-state index contributed by atoms with van der Waals surface area (Å²) in [5.41, 5.74) is 2.84. The van der Waals surface area contributed by atoms with E-state index in [2.05, 4.69) is 20.2 Å². The molecule has 4 heterocycles. The van der Waals surface area contributed by atoms with Gasteiger partial charge in [-0.05, 0) is 13.8 Å². The maximum atomic E-state index is 12.4. The van der Waals surface area contributed by atoms with Gasteiger partial charge in [0.15, 0.2) is 5.65 Å². The Morgan fingerprint density at radius 1 is 1.30 bits per heavy atom. The Hall–Kier alpha value is -2.70. The Morgan fingerprint density at radius 3 is 2.95 bits per heavy atom. The number of hydrogen-bond donors (Lipinski definition) is 1. The maximum Gasteiger partial charge on any atom is 0.283 e. The second-order valence-corrected chi connectivity index (χ2v) is 4.76. The van der Waals surface area contributed by atoms with Gasteiger partial charge in [0.05, 0.1) is 28.2 Å². The fraction of sp³-hybridized carbons (Fsp3) is 0.231. The molecule has 0 aromatic carbocycles. The van der Waals surface area contributed by atoms with Crippen LogP contribution in [0.3, 0.4) is 0 Å². The van der Waals surface area contributed by atoms with Crippen LogP contribution >= 0.6 is 0 Å². The summed E-state index contributed by atoms with van der Waals surface area (Å²) in [6.07, 6.45) is 3.32. The predicted octanol–water partition coefficient (Wildman–Crippen LogP) is 1.25. The number of aryl methyl sites for hydroxylation is 2. The summed E-state index contributed by atoms with van der Waals surface area (Å²) in [6.45, 7) is 4.60. The Labute approximate surface area is 112 Å². The highest BCUT2D eigenvalue weighted by molar-refractivity contribution is 6.01. The van der Waals surface area contributed by atoms with Crippen molar-refractivity contribution in [1.82, 2.24) is 29.4 Å². The number of nitrogens with zero attached hydrogens (tertiary/aromatic N) is 5. The van der Waals surface area contributed by atoms with Gasteiger partial charge >= 0.3 is 0 Å². The average molecular weight is 268 g/mol. The van der Waals surface area contributed by atoms with Crippen molar-refractivity contribution in [3.63, 3.8) is 0 Å².